The number of aromatic nitrogens is 1. The third-order valence-corrected chi connectivity index (χ3v) is 6.28. The number of nitrogens with zero attached hydrogens (tertiary/aromatic N) is 3. The average Bonchev–Trinajstić information content (AvgIpc) is 2.82. The number of halogens is 2. The standard InChI is InChI=1S/C26H32ClFN4O5/c1-14-23(32(15(2)33)9-8-31(14)25(35)37-26(3,4)5)19-13-17(27)12-18(22(19)28)16-10-20(24(34)29-6)30-21(11-16)36-7/h10-14,23H,8-9H2,1-7H3,(H,29,34)/t14-,23+/m0/s1. The zero-order valence-corrected chi connectivity index (χ0v) is 22.8. The fraction of sp³-hybridized carbons (Fsp3) is 0.462. The van der Waals surface area contributed by atoms with E-state index in [1.54, 1.807) is 27.7 Å². The van der Waals surface area contributed by atoms with Crippen molar-refractivity contribution in [2.24, 2.45) is 0 Å². The number of benzene rings is 1. The Bertz CT molecular complexity index is 1220. The van der Waals surface area contributed by atoms with Crippen LogP contribution in [-0.4, -0.2) is 71.6 Å². The summed E-state index contributed by atoms with van der Waals surface area (Å²) < 4.78 is 27.1. The number of nitrogens with one attached hydrogen (secondary N) is 1. The Balaban J connectivity index is 2.15. The first-order chi connectivity index (χ1) is 17.3. The minimum atomic E-state index is -0.835. The molecule has 11 heteroatoms. The minimum Gasteiger partial charge on any atom is -0.481 e. The zero-order valence-electron chi connectivity index (χ0n) is 22.0. The molecular weight excluding hydrogens is 503 g/mol. The van der Waals surface area contributed by atoms with Gasteiger partial charge in [-0.1, -0.05) is 11.6 Å². The van der Waals surface area contributed by atoms with Crippen LogP contribution in [0, 0.1) is 5.82 Å². The number of ether oxygens (including phenoxy) is 2. The zero-order chi connectivity index (χ0) is 27.7. The average molecular weight is 535 g/mol. The van der Waals surface area contributed by atoms with E-state index in [4.69, 9.17) is 21.1 Å². The van der Waals surface area contributed by atoms with E-state index in [2.05, 4.69) is 10.3 Å². The normalized spacial score (nSPS) is 17.9. The highest BCUT2D eigenvalue weighted by Crippen LogP contribution is 2.39. The molecule has 1 aromatic heterocycles. The Morgan fingerprint density at radius 3 is 2.35 bits per heavy atom. The van der Waals surface area contributed by atoms with Crippen molar-refractivity contribution >= 4 is 29.5 Å². The molecule has 3 rings (SSSR count). The fourth-order valence-electron chi connectivity index (χ4n) is 4.39. The van der Waals surface area contributed by atoms with Crippen LogP contribution in [0.4, 0.5) is 9.18 Å². The van der Waals surface area contributed by atoms with Crippen LogP contribution in [0.25, 0.3) is 11.1 Å². The van der Waals surface area contributed by atoms with E-state index >= 15 is 4.39 Å². The van der Waals surface area contributed by atoms with Crippen LogP contribution in [0.3, 0.4) is 0 Å². The second-order valence-corrected chi connectivity index (χ2v) is 10.2. The Hall–Kier alpha value is -3.40. The maximum atomic E-state index is 16.3. The number of pyridine rings is 1. The molecular formula is C26H32ClFN4O5. The number of hydrogen-bond donors (Lipinski definition) is 1. The summed E-state index contributed by atoms with van der Waals surface area (Å²) in [7, 11) is 2.84. The quantitative estimate of drug-likeness (QED) is 0.622. The van der Waals surface area contributed by atoms with Gasteiger partial charge in [0.05, 0.1) is 19.2 Å². The lowest BCUT2D eigenvalue weighted by Gasteiger charge is -2.46. The van der Waals surface area contributed by atoms with Gasteiger partial charge < -0.3 is 24.6 Å². The largest absolute Gasteiger partial charge is 0.481 e. The molecule has 0 spiro atoms. The van der Waals surface area contributed by atoms with E-state index < -0.39 is 35.5 Å². The number of methoxy groups -OCH3 is 1. The van der Waals surface area contributed by atoms with Crippen molar-refractivity contribution in [2.45, 2.75) is 52.3 Å². The summed E-state index contributed by atoms with van der Waals surface area (Å²) in [6.45, 7) is 8.85. The van der Waals surface area contributed by atoms with Crippen molar-refractivity contribution in [3.8, 4) is 17.0 Å². The van der Waals surface area contributed by atoms with Gasteiger partial charge in [0.25, 0.3) is 5.91 Å². The molecule has 9 nitrogen and oxygen atoms in total. The van der Waals surface area contributed by atoms with Gasteiger partial charge in [-0.3, -0.25) is 9.59 Å². The monoisotopic (exact) mass is 534 g/mol. The third-order valence-electron chi connectivity index (χ3n) is 6.06. The molecule has 2 aromatic rings. The van der Waals surface area contributed by atoms with Crippen molar-refractivity contribution in [3.63, 3.8) is 0 Å². The molecule has 0 saturated carbocycles. The summed E-state index contributed by atoms with van der Waals surface area (Å²) in [6.07, 6.45) is -0.551. The van der Waals surface area contributed by atoms with Gasteiger partial charge in [-0.05, 0) is 51.5 Å². The van der Waals surface area contributed by atoms with Gasteiger partial charge in [-0.15, -0.1) is 0 Å². The van der Waals surface area contributed by atoms with Crippen molar-refractivity contribution < 1.29 is 28.2 Å². The lowest BCUT2D eigenvalue weighted by atomic mass is 9.91. The van der Waals surface area contributed by atoms with Crippen LogP contribution in [0.15, 0.2) is 24.3 Å². The molecule has 3 amide bonds. The van der Waals surface area contributed by atoms with Gasteiger partial charge in [-0.25, -0.2) is 14.2 Å². The molecule has 0 unspecified atom stereocenters. The molecule has 1 aliphatic heterocycles. The molecule has 2 heterocycles. The highest BCUT2D eigenvalue weighted by Gasteiger charge is 2.41. The first-order valence-corrected chi connectivity index (χ1v) is 12.2. The van der Waals surface area contributed by atoms with Crippen LogP contribution in [0.1, 0.15) is 56.7 Å². The minimum absolute atomic E-state index is 0.0327. The van der Waals surface area contributed by atoms with E-state index in [0.717, 1.165) is 0 Å². The maximum absolute atomic E-state index is 16.3. The summed E-state index contributed by atoms with van der Waals surface area (Å²) in [4.78, 5) is 44.9. The lowest BCUT2D eigenvalue weighted by molar-refractivity contribution is -0.136. The van der Waals surface area contributed by atoms with Crippen LogP contribution in [0.5, 0.6) is 5.88 Å². The van der Waals surface area contributed by atoms with E-state index in [0.29, 0.717) is 5.56 Å². The van der Waals surface area contributed by atoms with Crippen molar-refractivity contribution in [3.05, 3.63) is 46.4 Å². The van der Waals surface area contributed by atoms with Crippen molar-refractivity contribution in [1.82, 2.24) is 20.1 Å². The molecule has 1 N–H and O–H groups in total. The van der Waals surface area contributed by atoms with Gasteiger partial charge >= 0.3 is 6.09 Å². The first-order valence-electron chi connectivity index (χ1n) is 11.8. The van der Waals surface area contributed by atoms with Crippen molar-refractivity contribution in [1.29, 1.82) is 0 Å². The van der Waals surface area contributed by atoms with Crippen LogP contribution < -0.4 is 10.1 Å². The first kappa shape index (κ1) is 28.2. The number of amides is 3. The topological polar surface area (TPSA) is 101 Å². The van der Waals surface area contributed by atoms with Gasteiger partial charge in [0.1, 0.15) is 17.1 Å². The Labute approximate surface area is 220 Å². The second-order valence-electron chi connectivity index (χ2n) is 9.79. The lowest BCUT2D eigenvalue weighted by Crippen LogP contribution is -2.57. The number of carbonyl (C=O) groups is 3. The van der Waals surface area contributed by atoms with E-state index in [-0.39, 0.29) is 46.7 Å². The molecule has 1 saturated heterocycles. The smallest absolute Gasteiger partial charge is 0.410 e. The number of hydrogen-bond acceptors (Lipinski definition) is 6. The molecule has 1 aliphatic rings. The summed E-state index contributed by atoms with van der Waals surface area (Å²) in [5, 5.41) is 2.70. The molecule has 0 radical (unpaired) electrons. The molecule has 0 bridgehead atoms. The molecule has 37 heavy (non-hydrogen) atoms. The van der Waals surface area contributed by atoms with Gasteiger partial charge in [0.15, 0.2) is 0 Å². The summed E-state index contributed by atoms with van der Waals surface area (Å²) in [5.41, 5.74) is -0.144. The fourth-order valence-corrected chi connectivity index (χ4v) is 4.62. The Morgan fingerprint density at radius 1 is 1.14 bits per heavy atom. The molecule has 200 valence electrons. The van der Waals surface area contributed by atoms with Gasteiger partial charge in [0, 0.05) is 49.3 Å². The second kappa shape index (κ2) is 10.9. The third kappa shape index (κ3) is 6.12. The Kier molecular flexibility index (Phi) is 8.32. The number of carbonyl (C=O) groups excluding carboxylic acids is 3. The molecule has 1 fully saturated rings. The summed E-state index contributed by atoms with van der Waals surface area (Å²) >= 11 is 6.45. The summed E-state index contributed by atoms with van der Waals surface area (Å²) in [6, 6.07) is 4.35. The SMILES string of the molecule is CNC(=O)c1cc(-c2cc(Cl)cc([C@H]3[C@H](C)N(C(=O)OC(C)(C)C)CCN3C(C)=O)c2F)cc(OC)n1. The van der Waals surface area contributed by atoms with E-state index in [9.17, 15) is 14.4 Å². The maximum Gasteiger partial charge on any atom is 0.410 e. The number of piperazine rings is 1. The van der Waals surface area contributed by atoms with E-state index in [1.807, 2.05) is 0 Å². The highest BCUT2D eigenvalue weighted by atomic mass is 35.5. The predicted octanol–water partition coefficient (Wildman–Crippen LogP) is 4.44. The molecule has 0 aliphatic carbocycles. The number of rotatable bonds is 4. The van der Waals surface area contributed by atoms with Crippen LogP contribution in [0.2, 0.25) is 5.02 Å². The van der Waals surface area contributed by atoms with Crippen molar-refractivity contribution in [2.75, 3.05) is 27.2 Å². The van der Waals surface area contributed by atoms with E-state index in [1.165, 1.54) is 55.1 Å². The van der Waals surface area contributed by atoms with Crippen LogP contribution >= 0.6 is 11.6 Å². The van der Waals surface area contributed by atoms with Gasteiger partial charge in [0.2, 0.25) is 11.8 Å². The van der Waals surface area contributed by atoms with Crippen LogP contribution in [-0.2, 0) is 9.53 Å². The summed E-state index contributed by atoms with van der Waals surface area (Å²) in [5.74, 6) is -1.27. The molecule has 1 aromatic carbocycles. The Morgan fingerprint density at radius 2 is 1.78 bits per heavy atom. The highest BCUT2D eigenvalue weighted by molar-refractivity contribution is 6.31. The molecule has 2 atom stereocenters. The van der Waals surface area contributed by atoms with Gasteiger partial charge in [-0.2, -0.15) is 0 Å². The predicted molar refractivity (Wildman–Crippen MR) is 137 cm³/mol.